The first-order valence-electron chi connectivity index (χ1n) is 14.4. The van der Waals surface area contributed by atoms with Crippen LogP contribution in [-0.2, 0) is 26.1 Å². The minimum absolute atomic E-state index is 0.183. The molecule has 0 saturated carbocycles. The molecule has 0 N–H and O–H groups in total. The Hall–Kier alpha value is -4.21. The molecule has 208 valence electrons. The Morgan fingerprint density at radius 2 is 1.71 bits per heavy atom. The second-order valence-corrected chi connectivity index (χ2v) is 11.1. The molecule has 2 aliphatic rings. The molecule has 1 saturated heterocycles. The summed E-state index contributed by atoms with van der Waals surface area (Å²) in [4.78, 5) is 15.3. The molecule has 0 unspecified atom stereocenters. The molecule has 0 aliphatic carbocycles. The lowest BCUT2D eigenvalue weighted by molar-refractivity contribution is 0.218. The van der Waals surface area contributed by atoms with Crippen molar-refractivity contribution in [2.75, 3.05) is 24.6 Å². The van der Waals surface area contributed by atoms with Crippen molar-refractivity contribution in [3.8, 4) is 0 Å². The van der Waals surface area contributed by atoms with Crippen LogP contribution >= 0.6 is 0 Å². The van der Waals surface area contributed by atoms with E-state index in [-0.39, 0.29) is 5.82 Å². The molecular formula is C32H33FN8. The largest absolute Gasteiger partial charge is 0.297 e. The predicted molar refractivity (Wildman–Crippen MR) is 157 cm³/mol. The second kappa shape index (κ2) is 11.3. The summed E-state index contributed by atoms with van der Waals surface area (Å²) >= 11 is 0. The first-order chi connectivity index (χ1) is 20.2. The van der Waals surface area contributed by atoms with Gasteiger partial charge in [-0.2, -0.15) is 4.79 Å². The van der Waals surface area contributed by atoms with Crippen molar-refractivity contribution in [2.45, 2.75) is 45.3 Å². The lowest BCUT2D eigenvalue weighted by Gasteiger charge is -2.31. The van der Waals surface area contributed by atoms with Gasteiger partial charge in [-0.1, -0.05) is 24.6 Å². The molecule has 5 aromatic rings. The van der Waals surface area contributed by atoms with Crippen LogP contribution in [0.4, 0.5) is 15.8 Å². The molecule has 0 spiro atoms. The zero-order valence-corrected chi connectivity index (χ0v) is 23.0. The molecular weight excluding hydrogens is 515 g/mol. The summed E-state index contributed by atoms with van der Waals surface area (Å²) in [6, 6.07) is 19.7. The Kier molecular flexibility index (Phi) is 7.12. The van der Waals surface area contributed by atoms with E-state index in [0.717, 1.165) is 79.2 Å². The van der Waals surface area contributed by atoms with Crippen LogP contribution < -0.4 is 5.01 Å². The summed E-state index contributed by atoms with van der Waals surface area (Å²) in [5, 5.41) is 12.2. The van der Waals surface area contributed by atoms with Crippen molar-refractivity contribution in [3.05, 3.63) is 108 Å². The fraction of sp³-hybridized carbons (Fsp3) is 0.312. The summed E-state index contributed by atoms with van der Waals surface area (Å²) in [6.07, 6.45) is 10.2. The van der Waals surface area contributed by atoms with Gasteiger partial charge < -0.3 is 0 Å². The maximum absolute atomic E-state index is 13.7. The van der Waals surface area contributed by atoms with Gasteiger partial charge in [0.05, 0.1) is 28.8 Å². The van der Waals surface area contributed by atoms with Crippen molar-refractivity contribution < 1.29 is 4.39 Å². The van der Waals surface area contributed by atoms with Gasteiger partial charge in [-0.3, -0.25) is 9.80 Å². The third-order valence-corrected chi connectivity index (χ3v) is 8.12. The molecule has 0 amide bonds. The second-order valence-electron chi connectivity index (χ2n) is 11.1. The van der Waals surface area contributed by atoms with E-state index in [1.807, 2.05) is 29.3 Å². The number of hydrogen-bond acceptors (Lipinski definition) is 7. The zero-order valence-electron chi connectivity index (χ0n) is 23.0. The van der Waals surface area contributed by atoms with Crippen LogP contribution in [-0.4, -0.2) is 54.5 Å². The SMILES string of the molecule is Fc1cccc(CN2CCc3cc(N(c4ccc5ncncc5c4)n4cc(CN5CCCCC5)nn4)ccc3C2)c1. The van der Waals surface area contributed by atoms with Crippen molar-refractivity contribution in [2.24, 2.45) is 0 Å². The van der Waals surface area contributed by atoms with Crippen LogP contribution in [0.5, 0.6) is 0 Å². The quantitative estimate of drug-likeness (QED) is 0.266. The van der Waals surface area contributed by atoms with Crippen LogP contribution in [0, 0.1) is 5.82 Å². The van der Waals surface area contributed by atoms with Gasteiger partial charge in [-0.05, 0) is 96.7 Å². The highest BCUT2D eigenvalue weighted by Gasteiger charge is 2.21. The van der Waals surface area contributed by atoms with E-state index < -0.39 is 0 Å². The number of hydrogen-bond donors (Lipinski definition) is 0. The summed E-state index contributed by atoms with van der Waals surface area (Å²) in [5.74, 6) is -0.183. The normalized spacial score (nSPS) is 16.1. The van der Waals surface area contributed by atoms with Gasteiger partial charge in [0, 0.05) is 37.8 Å². The summed E-state index contributed by atoms with van der Waals surface area (Å²) in [7, 11) is 0. The Balaban J connectivity index is 1.19. The van der Waals surface area contributed by atoms with Crippen LogP contribution in [0.1, 0.15) is 41.6 Å². The van der Waals surface area contributed by atoms with Gasteiger partial charge in [0.1, 0.15) is 12.1 Å². The van der Waals surface area contributed by atoms with Crippen molar-refractivity contribution >= 4 is 22.3 Å². The number of anilines is 2. The monoisotopic (exact) mass is 548 g/mol. The topological polar surface area (TPSA) is 66.2 Å². The maximum atomic E-state index is 13.7. The lowest BCUT2D eigenvalue weighted by atomic mass is 9.98. The molecule has 2 aromatic heterocycles. The number of aromatic nitrogens is 5. The number of piperidine rings is 1. The fourth-order valence-corrected chi connectivity index (χ4v) is 6.05. The molecule has 4 heterocycles. The summed E-state index contributed by atoms with van der Waals surface area (Å²) in [5.41, 5.74) is 7.47. The van der Waals surface area contributed by atoms with E-state index in [0.29, 0.717) is 0 Å². The number of likely N-dealkylation sites (tertiary alicyclic amines) is 1. The third kappa shape index (κ3) is 5.68. The number of halogens is 1. The Labute approximate surface area is 239 Å². The number of nitrogens with zero attached hydrogens (tertiary/aromatic N) is 8. The van der Waals surface area contributed by atoms with Gasteiger partial charge in [0.2, 0.25) is 0 Å². The Morgan fingerprint density at radius 3 is 2.61 bits per heavy atom. The van der Waals surface area contributed by atoms with Gasteiger partial charge >= 0.3 is 0 Å². The number of benzene rings is 3. The van der Waals surface area contributed by atoms with E-state index in [4.69, 9.17) is 0 Å². The average Bonchev–Trinajstić information content (AvgIpc) is 3.45. The van der Waals surface area contributed by atoms with E-state index in [9.17, 15) is 4.39 Å². The fourth-order valence-electron chi connectivity index (χ4n) is 6.05. The maximum Gasteiger partial charge on any atom is 0.123 e. The first-order valence-corrected chi connectivity index (χ1v) is 14.4. The molecule has 0 bridgehead atoms. The van der Waals surface area contributed by atoms with Crippen LogP contribution in [0.25, 0.3) is 10.9 Å². The van der Waals surface area contributed by atoms with E-state index >= 15 is 0 Å². The number of fused-ring (bicyclic) bond motifs is 2. The van der Waals surface area contributed by atoms with E-state index in [1.54, 1.807) is 18.5 Å². The highest BCUT2D eigenvalue weighted by Crippen LogP contribution is 2.32. The van der Waals surface area contributed by atoms with Crippen LogP contribution in [0.15, 0.2) is 79.4 Å². The molecule has 41 heavy (non-hydrogen) atoms. The lowest BCUT2D eigenvalue weighted by Crippen LogP contribution is -2.31. The van der Waals surface area contributed by atoms with Crippen molar-refractivity contribution in [1.82, 2.24) is 34.9 Å². The molecule has 3 aromatic carbocycles. The molecule has 1 fully saturated rings. The molecule has 8 nitrogen and oxygen atoms in total. The zero-order chi connectivity index (χ0) is 27.6. The molecule has 9 heteroatoms. The van der Waals surface area contributed by atoms with Crippen molar-refractivity contribution in [1.29, 1.82) is 0 Å². The third-order valence-electron chi connectivity index (χ3n) is 8.12. The van der Waals surface area contributed by atoms with Gasteiger partial charge in [0.25, 0.3) is 0 Å². The Morgan fingerprint density at radius 1 is 0.829 bits per heavy atom. The van der Waals surface area contributed by atoms with Crippen LogP contribution in [0.3, 0.4) is 0 Å². The molecule has 0 radical (unpaired) electrons. The van der Waals surface area contributed by atoms with E-state index in [1.165, 1.54) is 36.5 Å². The highest BCUT2D eigenvalue weighted by atomic mass is 19.1. The summed E-state index contributed by atoms with van der Waals surface area (Å²) in [6.45, 7) is 5.53. The minimum atomic E-state index is -0.183. The van der Waals surface area contributed by atoms with Gasteiger partial charge in [0.15, 0.2) is 0 Å². The molecule has 7 rings (SSSR count). The van der Waals surface area contributed by atoms with E-state index in [2.05, 4.69) is 65.4 Å². The predicted octanol–water partition coefficient (Wildman–Crippen LogP) is 5.51. The molecule has 0 atom stereocenters. The smallest absolute Gasteiger partial charge is 0.123 e. The first kappa shape index (κ1) is 25.7. The highest BCUT2D eigenvalue weighted by molar-refractivity contribution is 5.83. The van der Waals surface area contributed by atoms with Gasteiger partial charge in [-0.25, -0.2) is 19.4 Å². The number of rotatable bonds is 7. The van der Waals surface area contributed by atoms with Crippen LogP contribution in [0.2, 0.25) is 0 Å². The Bertz CT molecular complexity index is 1660. The van der Waals surface area contributed by atoms with Crippen molar-refractivity contribution in [3.63, 3.8) is 0 Å². The minimum Gasteiger partial charge on any atom is -0.297 e. The van der Waals surface area contributed by atoms with Gasteiger partial charge in [-0.15, -0.1) is 5.10 Å². The average molecular weight is 549 g/mol. The summed E-state index contributed by atoms with van der Waals surface area (Å²) < 4.78 is 13.7. The standard InChI is InChI=1S/C32H33FN8/c33-28-6-4-5-24(15-28)19-39-14-11-25-16-30(8-7-26(25)20-39)41(31-9-10-32-27(17-31)18-34-23-35-32)40-22-29(36-37-40)21-38-12-2-1-3-13-38/h4-10,15-18,22-23H,1-3,11-14,19-21H2. The molecule has 2 aliphatic heterocycles.